The summed E-state index contributed by atoms with van der Waals surface area (Å²) in [5, 5.41) is 13.2. The first-order valence-corrected chi connectivity index (χ1v) is 6.66. The van der Waals surface area contributed by atoms with Crippen molar-refractivity contribution in [2.75, 3.05) is 6.54 Å². The third-order valence-corrected chi connectivity index (χ3v) is 3.53. The SMILES string of the molecule is O=C(O)[C@@H]1CCCN1C(=O)c1ccnc(-n2cccn2)c1. The lowest BCUT2D eigenvalue weighted by Crippen LogP contribution is -2.40. The molecule has 108 valence electrons. The van der Waals surface area contributed by atoms with Crippen LogP contribution in [-0.4, -0.2) is 49.2 Å². The molecule has 0 unspecified atom stereocenters. The van der Waals surface area contributed by atoms with E-state index in [0.29, 0.717) is 30.8 Å². The van der Waals surface area contributed by atoms with Crippen LogP contribution < -0.4 is 0 Å². The van der Waals surface area contributed by atoms with Crippen LogP contribution in [0.25, 0.3) is 5.82 Å². The molecule has 1 aliphatic heterocycles. The van der Waals surface area contributed by atoms with Gasteiger partial charge in [-0.1, -0.05) is 0 Å². The van der Waals surface area contributed by atoms with Gasteiger partial charge in [0.15, 0.2) is 5.82 Å². The Morgan fingerprint density at radius 1 is 1.33 bits per heavy atom. The second-order valence-electron chi connectivity index (χ2n) is 4.85. The highest BCUT2D eigenvalue weighted by molar-refractivity contribution is 5.97. The molecule has 1 aliphatic rings. The Hall–Kier alpha value is -2.70. The van der Waals surface area contributed by atoms with Gasteiger partial charge in [0.25, 0.3) is 5.91 Å². The molecule has 0 bridgehead atoms. The number of pyridine rings is 1. The van der Waals surface area contributed by atoms with Crippen LogP contribution in [0.4, 0.5) is 0 Å². The third-order valence-electron chi connectivity index (χ3n) is 3.53. The molecule has 0 saturated carbocycles. The fourth-order valence-electron chi connectivity index (χ4n) is 2.51. The van der Waals surface area contributed by atoms with E-state index in [1.54, 1.807) is 35.3 Å². The van der Waals surface area contributed by atoms with Gasteiger partial charge in [0.05, 0.1) is 0 Å². The Labute approximate surface area is 120 Å². The van der Waals surface area contributed by atoms with Gasteiger partial charge < -0.3 is 10.0 Å². The molecule has 7 heteroatoms. The lowest BCUT2D eigenvalue weighted by molar-refractivity contribution is -0.141. The largest absolute Gasteiger partial charge is 0.480 e. The molecule has 3 heterocycles. The molecule has 0 spiro atoms. The summed E-state index contributed by atoms with van der Waals surface area (Å²) in [6.45, 7) is 0.467. The lowest BCUT2D eigenvalue weighted by atomic mass is 10.2. The van der Waals surface area contributed by atoms with Crippen molar-refractivity contribution in [2.24, 2.45) is 0 Å². The molecule has 0 aromatic carbocycles. The summed E-state index contributed by atoms with van der Waals surface area (Å²) >= 11 is 0. The minimum atomic E-state index is -0.956. The summed E-state index contributed by atoms with van der Waals surface area (Å²) < 4.78 is 1.55. The zero-order chi connectivity index (χ0) is 14.8. The van der Waals surface area contributed by atoms with Gasteiger partial charge in [0.1, 0.15) is 6.04 Å². The van der Waals surface area contributed by atoms with Crippen LogP contribution in [0.5, 0.6) is 0 Å². The number of rotatable bonds is 3. The number of hydrogen-bond acceptors (Lipinski definition) is 4. The summed E-state index contributed by atoms with van der Waals surface area (Å²) in [4.78, 5) is 29.2. The van der Waals surface area contributed by atoms with Crippen LogP contribution in [0.1, 0.15) is 23.2 Å². The standard InChI is InChI=1S/C14H14N4O3/c19-13(17-7-1-3-11(17)14(20)21)10-4-6-15-12(9-10)18-8-2-5-16-18/h2,4-6,8-9,11H,1,3,7H2,(H,20,21)/t11-/m0/s1. The maximum absolute atomic E-state index is 12.5. The summed E-state index contributed by atoms with van der Waals surface area (Å²) in [7, 11) is 0. The predicted octanol–water partition coefficient (Wildman–Crippen LogP) is 0.956. The van der Waals surface area contributed by atoms with Crippen molar-refractivity contribution < 1.29 is 14.7 Å². The van der Waals surface area contributed by atoms with E-state index in [-0.39, 0.29) is 5.91 Å². The summed E-state index contributed by atoms with van der Waals surface area (Å²) in [6, 6.07) is 4.23. The fraction of sp³-hybridized carbons (Fsp3) is 0.286. The second-order valence-corrected chi connectivity index (χ2v) is 4.85. The molecule has 2 aromatic rings. The molecule has 0 radical (unpaired) electrons. The molecule has 1 amide bonds. The topological polar surface area (TPSA) is 88.3 Å². The van der Waals surface area contributed by atoms with Crippen LogP contribution in [0.15, 0.2) is 36.8 Å². The zero-order valence-electron chi connectivity index (χ0n) is 11.2. The fourth-order valence-corrected chi connectivity index (χ4v) is 2.51. The van der Waals surface area contributed by atoms with Gasteiger partial charge in [-0.25, -0.2) is 14.5 Å². The molecule has 0 aliphatic carbocycles. The molecule has 21 heavy (non-hydrogen) atoms. The minimum absolute atomic E-state index is 0.282. The van der Waals surface area contributed by atoms with Gasteiger partial charge >= 0.3 is 5.97 Å². The average molecular weight is 286 g/mol. The summed E-state index contributed by atoms with van der Waals surface area (Å²) in [5.74, 6) is -0.713. The van der Waals surface area contributed by atoms with Crippen molar-refractivity contribution in [2.45, 2.75) is 18.9 Å². The second kappa shape index (κ2) is 5.35. The first-order chi connectivity index (χ1) is 10.2. The number of hydrogen-bond donors (Lipinski definition) is 1. The number of aromatic nitrogens is 3. The quantitative estimate of drug-likeness (QED) is 0.907. The molecular formula is C14H14N4O3. The van der Waals surface area contributed by atoms with E-state index in [1.807, 2.05) is 0 Å². The Kier molecular flexibility index (Phi) is 3.39. The van der Waals surface area contributed by atoms with E-state index in [0.717, 1.165) is 0 Å². The Balaban J connectivity index is 1.88. The molecule has 1 N–H and O–H groups in total. The van der Waals surface area contributed by atoms with Crippen LogP contribution in [0, 0.1) is 0 Å². The Morgan fingerprint density at radius 3 is 2.90 bits per heavy atom. The van der Waals surface area contributed by atoms with Crippen molar-refractivity contribution in [3.63, 3.8) is 0 Å². The Morgan fingerprint density at radius 2 is 2.19 bits per heavy atom. The normalized spacial score (nSPS) is 17.9. The van der Waals surface area contributed by atoms with Crippen LogP contribution in [0.3, 0.4) is 0 Å². The molecule has 1 atom stereocenters. The third kappa shape index (κ3) is 2.49. The first kappa shape index (κ1) is 13.3. The average Bonchev–Trinajstić information content (AvgIpc) is 3.17. The predicted molar refractivity (Wildman–Crippen MR) is 73.1 cm³/mol. The van der Waals surface area contributed by atoms with Crippen molar-refractivity contribution in [1.82, 2.24) is 19.7 Å². The summed E-state index contributed by atoms with van der Waals surface area (Å²) in [5.41, 5.74) is 0.420. The number of aliphatic carboxylic acids is 1. The smallest absolute Gasteiger partial charge is 0.326 e. The van der Waals surface area contributed by atoms with Crippen LogP contribution in [-0.2, 0) is 4.79 Å². The lowest BCUT2D eigenvalue weighted by Gasteiger charge is -2.21. The highest BCUT2D eigenvalue weighted by atomic mass is 16.4. The van der Waals surface area contributed by atoms with E-state index >= 15 is 0 Å². The summed E-state index contributed by atoms with van der Waals surface area (Å²) in [6.07, 6.45) is 6.08. The Bertz CT molecular complexity index is 669. The molecule has 1 fully saturated rings. The van der Waals surface area contributed by atoms with Crippen molar-refractivity contribution in [1.29, 1.82) is 0 Å². The number of amides is 1. The number of carbonyl (C=O) groups excluding carboxylic acids is 1. The van der Waals surface area contributed by atoms with Crippen LogP contribution >= 0.6 is 0 Å². The van der Waals surface area contributed by atoms with Crippen molar-refractivity contribution in [3.05, 3.63) is 42.4 Å². The van der Waals surface area contributed by atoms with Gasteiger partial charge in [0.2, 0.25) is 0 Å². The minimum Gasteiger partial charge on any atom is -0.480 e. The van der Waals surface area contributed by atoms with E-state index in [1.165, 1.54) is 11.1 Å². The molecule has 1 saturated heterocycles. The van der Waals surface area contributed by atoms with Gasteiger partial charge in [-0.3, -0.25) is 4.79 Å². The van der Waals surface area contributed by atoms with Crippen molar-refractivity contribution in [3.8, 4) is 5.82 Å². The van der Waals surface area contributed by atoms with E-state index in [9.17, 15) is 9.59 Å². The molecule has 2 aromatic heterocycles. The van der Waals surface area contributed by atoms with E-state index < -0.39 is 12.0 Å². The number of carboxylic acids is 1. The van der Waals surface area contributed by atoms with E-state index in [2.05, 4.69) is 10.1 Å². The first-order valence-electron chi connectivity index (χ1n) is 6.66. The monoisotopic (exact) mass is 286 g/mol. The highest BCUT2D eigenvalue weighted by Crippen LogP contribution is 2.20. The van der Waals surface area contributed by atoms with Gasteiger partial charge in [-0.15, -0.1) is 0 Å². The zero-order valence-corrected chi connectivity index (χ0v) is 11.2. The molecule has 3 rings (SSSR count). The number of carbonyl (C=O) groups is 2. The van der Waals surface area contributed by atoms with Crippen LogP contribution in [0.2, 0.25) is 0 Å². The number of carboxylic acid groups (broad SMARTS) is 1. The van der Waals surface area contributed by atoms with Gasteiger partial charge in [0, 0.05) is 30.7 Å². The maximum atomic E-state index is 12.5. The van der Waals surface area contributed by atoms with E-state index in [4.69, 9.17) is 5.11 Å². The van der Waals surface area contributed by atoms with Gasteiger partial charge in [-0.2, -0.15) is 5.10 Å². The number of likely N-dealkylation sites (tertiary alicyclic amines) is 1. The molecule has 7 nitrogen and oxygen atoms in total. The van der Waals surface area contributed by atoms with Gasteiger partial charge in [-0.05, 0) is 31.0 Å². The van der Waals surface area contributed by atoms with Crippen molar-refractivity contribution >= 4 is 11.9 Å². The maximum Gasteiger partial charge on any atom is 0.326 e. The number of nitrogens with zero attached hydrogens (tertiary/aromatic N) is 4. The molecular weight excluding hydrogens is 272 g/mol. The highest BCUT2D eigenvalue weighted by Gasteiger charge is 2.34.